The van der Waals surface area contributed by atoms with E-state index in [1.54, 1.807) is 14.2 Å². The first kappa shape index (κ1) is 14.8. The van der Waals surface area contributed by atoms with Crippen LogP contribution in [0.2, 0.25) is 0 Å². The fourth-order valence-electron chi connectivity index (χ4n) is 1.99. The van der Waals surface area contributed by atoms with Gasteiger partial charge in [-0.25, -0.2) is 0 Å². The molecule has 0 atom stereocenters. The maximum absolute atomic E-state index is 5.29. The van der Waals surface area contributed by atoms with Gasteiger partial charge in [-0.2, -0.15) is 0 Å². The molecule has 102 valence electrons. The lowest BCUT2D eigenvalue weighted by Crippen LogP contribution is -2.21. The van der Waals surface area contributed by atoms with Gasteiger partial charge in [0.2, 0.25) is 0 Å². The van der Waals surface area contributed by atoms with Gasteiger partial charge in [0.05, 0.1) is 14.2 Å². The van der Waals surface area contributed by atoms with E-state index in [9.17, 15) is 0 Å². The van der Waals surface area contributed by atoms with Crippen molar-refractivity contribution in [2.24, 2.45) is 5.92 Å². The molecule has 0 unspecified atom stereocenters. The molecule has 0 fully saturated rings. The summed E-state index contributed by atoms with van der Waals surface area (Å²) in [6.45, 7) is 6.43. The molecule has 1 aromatic rings. The molecular weight excluding hydrogens is 226 g/mol. The molecule has 0 aliphatic rings. The summed E-state index contributed by atoms with van der Waals surface area (Å²) >= 11 is 0. The molecule has 0 radical (unpaired) electrons. The van der Waals surface area contributed by atoms with Crippen LogP contribution in [0.3, 0.4) is 0 Å². The minimum absolute atomic E-state index is 0.769. The molecule has 0 bridgehead atoms. The molecule has 0 heterocycles. The zero-order valence-electron chi connectivity index (χ0n) is 12.0. The summed E-state index contributed by atoms with van der Waals surface area (Å²) < 4.78 is 10.5. The third kappa shape index (κ3) is 4.22. The van der Waals surface area contributed by atoms with E-state index in [1.807, 2.05) is 12.1 Å². The van der Waals surface area contributed by atoms with Crippen molar-refractivity contribution in [1.29, 1.82) is 0 Å². The van der Waals surface area contributed by atoms with E-state index in [-0.39, 0.29) is 0 Å². The molecule has 18 heavy (non-hydrogen) atoms. The molecule has 1 N–H and O–H groups in total. The van der Waals surface area contributed by atoms with Gasteiger partial charge in [-0.15, -0.1) is 0 Å². The molecule has 1 rings (SSSR count). The first-order valence-electron chi connectivity index (χ1n) is 6.66. The first-order valence-corrected chi connectivity index (χ1v) is 6.66. The molecule has 0 saturated carbocycles. The summed E-state index contributed by atoms with van der Waals surface area (Å²) in [7, 11) is 3.32. The number of methoxy groups -OCH3 is 2. The molecule has 0 aromatic heterocycles. The van der Waals surface area contributed by atoms with Crippen LogP contribution in [0.1, 0.15) is 32.3 Å². The van der Waals surface area contributed by atoms with Gasteiger partial charge in [0.15, 0.2) is 11.5 Å². The summed E-state index contributed by atoms with van der Waals surface area (Å²) in [5.41, 5.74) is 1.22. The summed E-state index contributed by atoms with van der Waals surface area (Å²) in [6.07, 6.45) is 2.46. The van der Waals surface area contributed by atoms with E-state index in [0.29, 0.717) is 0 Å². The van der Waals surface area contributed by atoms with Gasteiger partial charge in [0.25, 0.3) is 0 Å². The lowest BCUT2D eigenvalue weighted by Gasteiger charge is -2.14. The molecule has 3 heteroatoms. The Morgan fingerprint density at radius 1 is 1.06 bits per heavy atom. The van der Waals surface area contributed by atoms with E-state index >= 15 is 0 Å². The summed E-state index contributed by atoms with van der Waals surface area (Å²) in [6, 6.07) is 6.05. The second-order valence-electron chi connectivity index (χ2n) is 4.50. The molecule has 0 aliphatic heterocycles. The van der Waals surface area contributed by atoms with E-state index in [2.05, 4.69) is 25.2 Å². The number of hydrogen-bond acceptors (Lipinski definition) is 3. The van der Waals surface area contributed by atoms with Crippen LogP contribution in [0, 0.1) is 5.92 Å². The smallest absolute Gasteiger partial charge is 0.161 e. The van der Waals surface area contributed by atoms with E-state index < -0.39 is 0 Å². The van der Waals surface area contributed by atoms with Crippen LogP contribution in [0.15, 0.2) is 18.2 Å². The summed E-state index contributed by atoms with van der Waals surface area (Å²) in [4.78, 5) is 0. The van der Waals surface area contributed by atoms with Crippen molar-refractivity contribution in [3.63, 3.8) is 0 Å². The van der Waals surface area contributed by atoms with E-state index in [1.165, 1.54) is 18.4 Å². The highest BCUT2D eigenvalue weighted by Gasteiger charge is 2.05. The van der Waals surface area contributed by atoms with Crippen molar-refractivity contribution < 1.29 is 9.47 Å². The second-order valence-corrected chi connectivity index (χ2v) is 4.50. The largest absolute Gasteiger partial charge is 0.493 e. The Balaban J connectivity index is 2.52. The maximum atomic E-state index is 5.29. The average molecular weight is 251 g/mol. The van der Waals surface area contributed by atoms with Crippen LogP contribution in [-0.4, -0.2) is 20.8 Å². The van der Waals surface area contributed by atoms with Crippen molar-refractivity contribution in [3.8, 4) is 11.5 Å². The van der Waals surface area contributed by atoms with Gasteiger partial charge in [-0.1, -0.05) is 32.8 Å². The van der Waals surface area contributed by atoms with Crippen LogP contribution in [-0.2, 0) is 6.54 Å². The monoisotopic (exact) mass is 251 g/mol. The number of benzene rings is 1. The van der Waals surface area contributed by atoms with Gasteiger partial charge in [0, 0.05) is 6.54 Å². The fourth-order valence-corrected chi connectivity index (χ4v) is 1.99. The van der Waals surface area contributed by atoms with Crippen molar-refractivity contribution in [3.05, 3.63) is 23.8 Å². The van der Waals surface area contributed by atoms with Crippen molar-refractivity contribution in [2.45, 2.75) is 33.2 Å². The lowest BCUT2D eigenvalue weighted by molar-refractivity contribution is 0.354. The zero-order chi connectivity index (χ0) is 13.4. The lowest BCUT2D eigenvalue weighted by atomic mass is 10.0. The van der Waals surface area contributed by atoms with Crippen molar-refractivity contribution >= 4 is 0 Å². The molecule has 0 amide bonds. The molecule has 3 nitrogen and oxygen atoms in total. The Labute approximate surface area is 110 Å². The van der Waals surface area contributed by atoms with Crippen LogP contribution in [0.5, 0.6) is 11.5 Å². The first-order chi connectivity index (χ1) is 8.74. The Kier molecular flexibility index (Phi) is 6.58. The van der Waals surface area contributed by atoms with Crippen LogP contribution in [0.25, 0.3) is 0 Å². The highest BCUT2D eigenvalue weighted by Crippen LogP contribution is 2.27. The number of hydrogen-bond donors (Lipinski definition) is 1. The highest BCUT2D eigenvalue weighted by molar-refractivity contribution is 5.42. The summed E-state index contributed by atoms with van der Waals surface area (Å²) in [5, 5.41) is 3.50. The van der Waals surface area contributed by atoms with Gasteiger partial charge >= 0.3 is 0 Å². The Hall–Kier alpha value is -1.22. The summed E-state index contributed by atoms with van der Waals surface area (Å²) in [5.74, 6) is 2.34. The van der Waals surface area contributed by atoms with Crippen molar-refractivity contribution in [1.82, 2.24) is 5.32 Å². The predicted molar refractivity (Wildman–Crippen MR) is 75.3 cm³/mol. The van der Waals surface area contributed by atoms with Crippen LogP contribution >= 0.6 is 0 Å². The minimum atomic E-state index is 0.769. The quantitative estimate of drug-likeness (QED) is 0.769. The van der Waals surface area contributed by atoms with Crippen molar-refractivity contribution in [2.75, 3.05) is 20.8 Å². The maximum Gasteiger partial charge on any atom is 0.161 e. The SMILES string of the molecule is CCC(CC)CNCc1ccc(OC)c(OC)c1. The van der Waals surface area contributed by atoms with Crippen LogP contribution in [0.4, 0.5) is 0 Å². The molecule has 0 aliphatic carbocycles. The normalized spacial score (nSPS) is 10.7. The third-order valence-electron chi connectivity index (χ3n) is 3.36. The highest BCUT2D eigenvalue weighted by atomic mass is 16.5. The minimum Gasteiger partial charge on any atom is -0.493 e. The Morgan fingerprint density at radius 3 is 2.28 bits per heavy atom. The molecule has 0 saturated heterocycles. The molecular formula is C15H25NO2. The predicted octanol–water partition coefficient (Wildman–Crippen LogP) is 3.23. The van der Waals surface area contributed by atoms with E-state index in [0.717, 1.165) is 30.5 Å². The standard InChI is InChI=1S/C15H25NO2/c1-5-12(6-2)10-16-11-13-7-8-14(17-3)15(9-13)18-4/h7-9,12,16H,5-6,10-11H2,1-4H3. The number of ether oxygens (including phenoxy) is 2. The third-order valence-corrected chi connectivity index (χ3v) is 3.36. The average Bonchev–Trinajstić information content (AvgIpc) is 2.43. The van der Waals surface area contributed by atoms with Gasteiger partial charge in [-0.3, -0.25) is 0 Å². The zero-order valence-corrected chi connectivity index (χ0v) is 12.0. The van der Waals surface area contributed by atoms with E-state index in [4.69, 9.17) is 9.47 Å². The molecule has 0 spiro atoms. The Bertz CT molecular complexity index is 348. The Morgan fingerprint density at radius 2 is 1.72 bits per heavy atom. The fraction of sp³-hybridized carbons (Fsp3) is 0.600. The second kappa shape index (κ2) is 7.98. The molecule has 1 aromatic carbocycles. The number of rotatable bonds is 8. The van der Waals surface area contributed by atoms with Gasteiger partial charge < -0.3 is 14.8 Å². The van der Waals surface area contributed by atoms with Gasteiger partial charge in [-0.05, 0) is 30.2 Å². The topological polar surface area (TPSA) is 30.5 Å². The number of nitrogens with one attached hydrogen (secondary N) is 1. The van der Waals surface area contributed by atoms with Crippen LogP contribution < -0.4 is 14.8 Å². The van der Waals surface area contributed by atoms with Gasteiger partial charge in [0.1, 0.15) is 0 Å².